The lowest BCUT2D eigenvalue weighted by molar-refractivity contribution is -0.252. The number of ether oxygens (including phenoxy) is 4. The number of carbonyl (C=O) groups excluding carboxylic acids is 1. The number of benzene rings is 1. The molecular weight excluding hydrogens is 676 g/mol. The molecule has 3 aliphatic rings. The van der Waals surface area contributed by atoms with Gasteiger partial charge in [-0.05, 0) is 103 Å². The number of nitrogens with zero attached hydrogens (tertiary/aromatic N) is 4. The number of aliphatic hydroxyl groups excluding tert-OH is 2. The van der Waals surface area contributed by atoms with Crippen molar-refractivity contribution in [2.45, 2.75) is 115 Å². The fourth-order valence-electron chi connectivity index (χ4n) is 7.97. The number of rotatable bonds is 17. The highest BCUT2D eigenvalue weighted by atomic mass is 16.7. The van der Waals surface area contributed by atoms with E-state index in [9.17, 15) is 15.0 Å². The number of hydrogen-bond acceptors (Lipinski definition) is 11. The lowest BCUT2D eigenvalue weighted by atomic mass is 9.55. The maximum absolute atomic E-state index is 13.7. The fraction of sp³-hybridized carbons (Fsp3) is 0.610. The highest BCUT2D eigenvalue weighted by Gasteiger charge is 2.65. The Morgan fingerprint density at radius 1 is 1.04 bits per heavy atom. The third kappa shape index (κ3) is 9.04. The monoisotopic (exact) mass is 734 g/mol. The Balaban J connectivity index is 1.81. The summed E-state index contributed by atoms with van der Waals surface area (Å²) in [6.07, 6.45) is 12.1. The zero-order chi connectivity index (χ0) is 38.4. The maximum Gasteiger partial charge on any atom is 0.358 e. The Morgan fingerprint density at radius 2 is 1.75 bits per heavy atom. The Morgan fingerprint density at radius 3 is 2.42 bits per heavy atom. The topological polar surface area (TPSA) is 147 Å². The average molecular weight is 735 g/mol. The van der Waals surface area contributed by atoms with Gasteiger partial charge in [0.2, 0.25) is 5.79 Å². The van der Waals surface area contributed by atoms with E-state index >= 15 is 0 Å². The van der Waals surface area contributed by atoms with E-state index in [4.69, 9.17) is 28.9 Å². The molecule has 0 saturated heterocycles. The Bertz CT molecular complexity index is 1650. The second-order valence-electron chi connectivity index (χ2n) is 16.1. The van der Waals surface area contributed by atoms with Crippen LogP contribution in [-0.4, -0.2) is 80.3 Å². The van der Waals surface area contributed by atoms with Crippen molar-refractivity contribution < 1.29 is 38.8 Å². The van der Waals surface area contributed by atoms with Gasteiger partial charge in [-0.15, -0.1) is 11.7 Å². The zero-order valence-electron chi connectivity index (χ0n) is 32.3. The fourth-order valence-corrected chi connectivity index (χ4v) is 7.97. The van der Waals surface area contributed by atoms with Crippen molar-refractivity contribution in [1.29, 1.82) is 0 Å². The van der Waals surface area contributed by atoms with E-state index < -0.39 is 34.9 Å². The van der Waals surface area contributed by atoms with Crippen LogP contribution >= 0.6 is 0 Å². The second kappa shape index (κ2) is 17.0. The summed E-state index contributed by atoms with van der Waals surface area (Å²) in [5.74, 6) is -1.08. The van der Waals surface area contributed by atoms with Crippen LogP contribution in [0.4, 0.5) is 0 Å². The van der Waals surface area contributed by atoms with Gasteiger partial charge in [-0.2, -0.15) is 0 Å². The molecule has 0 spiro atoms. The van der Waals surface area contributed by atoms with Gasteiger partial charge in [0.25, 0.3) is 0 Å². The number of allylic oxidation sites excluding steroid dienone is 1. The van der Waals surface area contributed by atoms with Crippen LogP contribution < -0.4 is 9.47 Å². The minimum atomic E-state index is -1.41. The van der Waals surface area contributed by atoms with Gasteiger partial charge in [0.15, 0.2) is 5.69 Å². The Hall–Kier alpha value is -4.00. The second-order valence-corrected chi connectivity index (χ2v) is 16.1. The first-order valence-corrected chi connectivity index (χ1v) is 18.9. The van der Waals surface area contributed by atoms with Crippen molar-refractivity contribution >= 4 is 11.7 Å². The molecule has 290 valence electrons. The van der Waals surface area contributed by atoms with Gasteiger partial charge < -0.3 is 34.0 Å². The molecule has 2 heterocycles. The molecule has 6 atom stereocenters. The van der Waals surface area contributed by atoms with Gasteiger partial charge >= 0.3 is 5.97 Å². The minimum Gasteiger partial charge on any atom is -0.490 e. The molecule has 0 radical (unpaired) electrons. The number of aromatic nitrogens is 3. The molecule has 53 heavy (non-hydrogen) atoms. The molecular formula is C41H58N4O8. The van der Waals surface area contributed by atoms with Crippen LogP contribution in [0, 0.1) is 17.8 Å². The predicted molar refractivity (Wildman–Crippen MR) is 202 cm³/mol. The maximum atomic E-state index is 13.7. The van der Waals surface area contributed by atoms with Crippen molar-refractivity contribution in [1.82, 2.24) is 15.0 Å². The number of esters is 1. The number of oxime groups is 1. The smallest absolute Gasteiger partial charge is 0.358 e. The van der Waals surface area contributed by atoms with E-state index in [-0.39, 0.29) is 49.7 Å². The largest absolute Gasteiger partial charge is 0.490 e. The lowest BCUT2D eigenvalue weighted by Gasteiger charge is -2.58. The number of carbonyl (C=O) groups is 1. The van der Waals surface area contributed by atoms with Crippen molar-refractivity contribution in [3.8, 4) is 11.5 Å². The van der Waals surface area contributed by atoms with Gasteiger partial charge in [-0.3, -0.25) is 0 Å². The molecule has 1 aromatic carbocycles. The van der Waals surface area contributed by atoms with Gasteiger partial charge in [0.1, 0.15) is 35.3 Å². The van der Waals surface area contributed by atoms with E-state index in [1.54, 1.807) is 16.8 Å². The van der Waals surface area contributed by atoms with E-state index in [1.165, 1.54) is 6.20 Å². The predicted octanol–water partition coefficient (Wildman–Crippen LogP) is 7.10. The van der Waals surface area contributed by atoms with Gasteiger partial charge in [0, 0.05) is 31.1 Å². The zero-order valence-corrected chi connectivity index (χ0v) is 32.3. The Labute approximate surface area is 313 Å². The number of fused-ring (bicyclic) bond motifs is 2. The third-order valence-electron chi connectivity index (χ3n) is 9.92. The summed E-state index contributed by atoms with van der Waals surface area (Å²) in [4.78, 5) is 19.9. The van der Waals surface area contributed by atoms with Crippen molar-refractivity contribution in [3.63, 3.8) is 0 Å². The molecule has 2 aromatic rings. The van der Waals surface area contributed by atoms with Crippen LogP contribution in [0.2, 0.25) is 0 Å². The normalized spacial score (nSPS) is 25.8. The van der Waals surface area contributed by atoms with Crippen molar-refractivity contribution in [2.24, 2.45) is 22.9 Å². The average Bonchev–Trinajstić information content (AvgIpc) is 3.59. The van der Waals surface area contributed by atoms with Crippen molar-refractivity contribution in [2.75, 3.05) is 26.4 Å². The molecule has 0 amide bonds. The lowest BCUT2D eigenvalue weighted by Crippen LogP contribution is -2.63. The van der Waals surface area contributed by atoms with Crippen LogP contribution in [-0.2, 0) is 14.3 Å². The summed E-state index contributed by atoms with van der Waals surface area (Å²) in [5.41, 5.74) is 1.45. The minimum absolute atomic E-state index is 0.0858. The molecule has 2 N–H and O–H groups in total. The van der Waals surface area contributed by atoms with E-state index in [0.717, 1.165) is 36.8 Å². The highest BCUT2D eigenvalue weighted by molar-refractivity contribution is 6.02. The van der Waals surface area contributed by atoms with E-state index in [2.05, 4.69) is 35.6 Å². The van der Waals surface area contributed by atoms with Crippen LogP contribution in [0.3, 0.4) is 0 Å². The molecule has 12 nitrogen and oxygen atoms in total. The van der Waals surface area contributed by atoms with Gasteiger partial charge in [-0.1, -0.05) is 48.0 Å². The van der Waals surface area contributed by atoms with E-state index in [1.807, 2.05) is 53.7 Å². The summed E-state index contributed by atoms with van der Waals surface area (Å²) in [7, 11) is 0. The standard InChI is InChI=1S/C41H58N4O8/c1-9-21-49-28-17-18-34-31(24-28)36-29(16-12-14-20-47)27(15-11-13-19-46)23-30-32(43-53-40(6,7)8)25-35(41(51-34,37(30)36)50-22-10-2)45-33(26-42-44-45)38(48)52-39(3,4)5/h9-10,17-18,23-24,26-27,29,35-37,46-47H,1-2,11-16,19-22,25H2,3-8H3/t27-,29+,35-,36+,37+,41+/m0/s1. The number of hydrogen-bond donors (Lipinski definition) is 2. The van der Waals surface area contributed by atoms with Gasteiger partial charge in [0.05, 0.1) is 24.4 Å². The summed E-state index contributed by atoms with van der Waals surface area (Å²) in [5, 5.41) is 33.2. The molecule has 0 bridgehead atoms. The molecule has 1 aromatic heterocycles. The third-order valence-corrected chi connectivity index (χ3v) is 9.92. The Kier molecular flexibility index (Phi) is 12.9. The van der Waals surface area contributed by atoms with E-state index in [0.29, 0.717) is 36.7 Å². The number of aliphatic hydroxyl groups is 2. The number of unbranched alkanes of at least 4 members (excludes halogenated alkanes) is 2. The molecule has 1 saturated carbocycles. The SMILES string of the molecule is C=CCOc1ccc2c(c1)[C@H]1[C@H](CCCCO)[C@@H](CCCCO)C=C3C(=NOC(C)(C)C)C[C@H](n4nncc4C(=O)OC(C)(C)C)[C@@](OCC=C)(O2)[C@H]31. The molecule has 0 unspecified atom stereocenters. The summed E-state index contributed by atoms with van der Waals surface area (Å²) >= 11 is 0. The molecule has 2 aliphatic carbocycles. The first kappa shape index (κ1) is 40.2. The first-order valence-electron chi connectivity index (χ1n) is 18.9. The van der Waals surface area contributed by atoms with Crippen LogP contribution in [0.1, 0.15) is 114 Å². The molecule has 1 aliphatic heterocycles. The summed E-state index contributed by atoms with van der Waals surface area (Å²) in [6.45, 7) is 19.8. The molecule has 5 rings (SSSR count). The highest BCUT2D eigenvalue weighted by Crippen LogP contribution is 2.63. The van der Waals surface area contributed by atoms with Crippen LogP contribution in [0.15, 0.2) is 66.5 Å². The van der Waals surface area contributed by atoms with Crippen molar-refractivity contribution in [3.05, 3.63) is 72.6 Å². The van der Waals surface area contributed by atoms with Crippen LogP contribution in [0.5, 0.6) is 11.5 Å². The first-order chi connectivity index (χ1) is 25.3. The van der Waals surface area contributed by atoms with Gasteiger partial charge in [-0.25, -0.2) is 9.48 Å². The summed E-state index contributed by atoms with van der Waals surface area (Å²) in [6, 6.07) is 5.12. The van der Waals surface area contributed by atoms with Crippen LogP contribution in [0.25, 0.3) is 0 Å². The molecule has 1 fully saturated rings. The summed E-state index contributed by atoms with van der Waals surface area (Å²) < 4.78 is 27.6. The molecule has 12 heteroatoms. The quantitative estimate of drug-likeness (QED) is 0.0747.